The minimum atomic E-state index is -0.506. The SMILES string of the molecule is Cc1nonc1COc1cccc(C(C)O)c1. The number of nitrogens with zero attached hydrogens (tertiary/aromatic N) is 2. The van der Waals surface area contributed by atoms with Gasteiger partial charge in [-0.25, -0.2) is 4.63 Å². The van der Waals surface area contributed by atoms with E-state index in [9.17, 15) is 5.11 Å². The number of aromatic nitrogens is 2. The van der Waals surface area contributed by atoms with Gasteiger partial charge in [0.15, 0.2) is 0 Å². The highest BCUT2D eigenvalue weighted by atomic mass is 16.6. The number of rotatable bonds is 4. The van der Waals surface area contributed by atoms with E-state index >= 15 is 0 Å². The van der Waals surface area contributed by atoms with Crippen LogP contribution >= 0.6 is 0 Å². The second kappa shape index (κ2) is 4.97. The van der Waals surface area contributed by atoms with Crippen molar-refractivity contribution in [1.29, 1.82) is 0 Å². The molecular formula is C12H14N2O3. The van der Waals surface area contributed by atoms with Gasteiger partial charge in [-0.05, 0) is 31.5 Å². The van der Waals surface area contributed by atoms with Crippen molar-refractivity contribution >= 4 is 0 Å². The van der Waals surface area contributed by atoms with E-state index in [-0.39, 0.29) is 0 Å². The molecule has 0 bridgehead atoms. The molecule has 1 aromatic heterocycles. The zero-order chi connectivity index (χ0) is 12.3. The zero-order valence-electron chi connectivity index (χ0n) is 9.75. The van der Waals surface area contributed by atoms with Crippen molar-refractivity contribution in [2.24, 2.45) is 0 Å². The Balaban J connectivity index is 2.04. The summed E-state index contributed by atoms with van der Waals surface area (Å²) >= 11 is 0. The Morgan fingerprint density at radius 3 is 2.88 bits per heavy atom. The number of aliphatic hydroxyl groups excluding tert-OH is 1. The third-order valence-electron chi connectivity index (χ3n) is 2.46. The lowest BCUT2D eigenvalue weighted by atomic mass is 10.1. The van der Waals surface area contributed by atoms with Gasteiger partial charge in [0, 0.05) is 0 Å². The van der Waals surface area contributed by atoms with Crippen LogP contribution in [0.15, 0.2) is 28.9 Å². The topological polar surface area (TPSA) is 68.4 Å². The summed E-state index contributed by atoms with van der Waals surface area (Å²) in [5.74, 6) is 0.686. The molecule has 90 valence electrons. The van der Waals surface area contributed by atoms with Crippen LogP contribution in [0.5, 0.6) is 5.75 Å². The molecular weight excluding hydrogens is 220 g/mol. The highest BCUT2D eigenvalue weighted by Crippen LogP contribution is 2.19. The summed E-state index contributed by atoms with van der Waals surface area (Å²) in [5.41, 5.74) is 2.21. The Labute approximate surface area is 99.0 Å². The molecule has 0 fully saturated rings. The molecule has 17 heavy (non-hydrogen) atoms. The molecule has 0 saturated carbocycles. The maximum absolute atomic E-state index is 9.45. The monoisotopic (exact) mass is 234 g/mol. The predicted octanol–water partition coefficient (Wildman–Crippen LogP) is 2.01. The summed E-state index contributed by atoms with van der Waals surface area (Å²) in [6, 6.07) is 7.31. The van der Waals surface area contributed by atoms with Crippen LogP contribution in [-0.4, -0.2) is 15.4 Å². The summed E-state index contributed by atoms with van der Waals surface area (Å²) in [4.78, 5) is 0. The molecule has 5 heteroatoms. The van der Waals surface area contributed by atoms with Crippen molar-refractivity contribution in [3.63, 3.8) is 0 Å². The lowest BCUT2D eigenvalue weighted by Gasteiger charge is -2.08. The lowest BCUT2D eigenvalue weighted by Crippen LogP contribution is -1.99. The van der Waals surface area contributed by atoms with Crippen LogP contribution < -0.4 is 4.74 Å². The van der Waals surface area contributed by atoms with Crippen molar-refractivity contribution in [2.45, 2.75) is 26.6 Å². The van der Waals surface area contributed by atoms with Gasteiger partial charge < -0.3 is 9.84 Å². The largest absolute Gasteiger partial charge is 0.487 e. The summed E-state index contributed by atoms with van der Waals surface area (Å²) in [6.45, 7) is 3.82. The minimum absolute atomic E-state index is 0.304. The molecule has 0 saturated heterocycles. The maximum atomic E-state index is 9.45. The van der Waals surface area contributed by atoms with Crippen LogP contribution in [0.1, 0.15) is 30.0 Å². The molecule has 0 aliphatic carbocycles. The Morgan fingerprint density at radius 2 is 2.24 bits per heavy atom. The minimum Gasteiger partial charge on any atom is -0.487 e. The van der Waals surface area contributed by atoms with Crippen LogP contribution in [0.3, 0.4) is 0 Å². The smallest absolute Gasteiger partial charge is 0.145 e. The van der Waals surface area contributed by atoms with E-state index in [0.29, 0.717) is 18.1 Å². The number of hydrogen-bond donors (Lipinski definition) is 1. The van der Waals surface area contributed by atoms with Crippen LogP contribution in [0.25, 0.3) is 0 Å². The van der Waals surface area contributed by atoms with Gasteiger partial charge >= 0.3 is 0 Å². The number of benzene rings is 1. The summed E-state index contributed by atoms with van der Waals surface area (Å²) < 4.78 is 10.1. The van der Waals surface area contributed by atoms with Gasteiger partial charge in [0.05, 0.1) is 6.10 Å². The van der Waals surface area contributed by atoms with Crippen molar-refractivity contribution in [3.8, 4) is 5.75 Å². The average Bonchev–Trinajstić information content (AvgIpc) is 2.72. The van der Waals surface area contributed by atoms with Gasteiger partial charge in [0.2, 0.25) is 0 Å². The number of hydrogen-bond acceptors (Lipinski definition) is 5. The first-order valence-electron chi connectivity index (χ1n) is 5.35. The molecule has 0 aliphatic rings. The van der Waals surface area contributed by atoms with Crippen LogP contribution in [0.4, 0.5) is 0 Å². The molecule has 1 heterocycles. The predicted molar refractivity (Wildman–Crippen MR) is 60.4 cm³/mol. The highest BCUT2D eigenvalue weighted by Gasteiger charge is 2.07. The van der Waals surface area contributed by atoms with E-state index in [0.717, 1.165) is 11.3 Å². The molecule has 0 spiro atoms. The maximum Gasteiger partial charge on any atom is 0.145 e. The fourth-order valence-corrected chi connectivity index (χ4v) is 1.40. The first-order valence-corrected chi connectivity index (χ1v) is 5.35. The van der Waals surface area contributed by atoms with Crippen molar-refractivity contribution in [2.75, 3.05) is 0 Å². The first kappa shape index (κ1) is 11.6. The molecule has 1 unspecified atom stereocenters. The van der Waals surface area contributed by atoms with E-state index < -0.39 is 6.10 Å². The fourth-order valence-electron chi connectivity index (χ4n) is 1.40. The third-order valence-corrected chi connectivity index (χ3v) is 2.46. The molecule has 5 nitrogen and oxygen atoms in total. The van der Waals surface area contributed by atoms with Crippen LogP contribution in [0, 0.1) is 6.92 Å². The molecule has 2 rings (SSSR count). The number of aliphatic hydroxyl groups is 1. The normalized spacial score (nSPS) is 12.4. The second-order valence-electron chi connectivity index (χ2n) is 3.83. The van der Waals surface area contributed by atoms with Crippen molar-refractivity contribution in [1.82, 2.24) is 10.3 Å². The van der Waals surface area contributed by atoms with Crippen molar-refractivity contribution in [3.05, 3.63) is 41.2 Å². The van der Waals surface area contributed by atoms with Gasteiger partial charge in [0.1, 0.15) is 23.7 Å². The van der Waals surface area contributed by atoms with Crippen LogP contribution in [-0.2, 0) is 6.61 Å². The fraction of sp³-hybridized carbons (Fsp3) is 0.333. The average molecular weight is 234 g/mol. The van der Waals surface area contributed by atoms with Gasteiger partial charge in [-0.3, -0.25) is 0 Å². The summed E-state index contributed by atoms with van der Waals surface area (Å²) in [7, 11) is 0. The van der Waals surface area contributed by atoms with E-state index in [2.05, 4.69) is 14.9 Å². The molecule has 1 atom stereocenters. The molecule has 2 aromatic rings. The summed E-state index contributed by atoms with van der Waals surface area (Å²) in [5, 5.41) is 16.8. The molecule has 0 aliphatic heterocycles. The second-order valence-corrected chi connectivity index (χ2v) is 3.83. The quantitative estimate of drug-likeness (QED) is 0.876. The van der Waals surface area contributed by atoms with E-state index in [4.69, 9.17) is 4.74 Å². The third kappa shape index (κ3) is 2.82. The Morgan fingerprint density at radius 1 is 1.41 bits per heavy atom. The van der Waals surface area contributed by atoms with Crippen LogP contribution in [0.2, 0.25) is 0 Å². The molecule has 0 radical (unpaired) electrons. The van der Waals surface area contributed by atoms with Gasteiger partial charge in [-0.15, -0.1) is 0 Å². The van der Waals surface area contributed by atoms with Crippen molar-refractivity contribution < 1.29 is 14.5 Å². The Kier molecular flexibility index (Phi) is 3.39. The first-order chi connectivity index (χ1) is 8.16. The standard InChI is InChI=1S/C12H14N2O3/c1-8-12(14-17-13-8)7-16-11-5-3-4-10(6-11)9(2)15/h3-6,9,15H,7H2,1-2H3. The lowest BCUT2D eigenvalue weighted by molar-refractivity contribution is 0.198. The molecule has 1 N–H and O–H groups in total. The number of ether oxygens (including phenoxy) is 1. The summed E-state index contributed by atoms with van der Waals surface area (Å²) in [6.07, 6.45) is -0.506. The number of aryl methyl sites for hydroxylation is 1. The molecule has 1 aromatic carbocycles. The van der Waals surface area contributed by atoms with E-state index in [1.165, 1.54) is 0 Å². The van der Waals surface area contributed by atoms with E-state index in [1.54, 1.807) is 19.9 Å². The van der Waals surface area contributed by atoms with Gasteiger partial charge in [0.25, 0.3) is 0 Å². The highest BCUT2D eigenvalue weighted by molar-refractivity contribution is 5.29. The van der Waals surface area contributed by atoms with Gasteiger partial charge in [-0.2, -0.15) is 0 Å². The molecule has 0 amide bonds. The Hall–Kier alpha value is -1.88. The Bertz CT molecular complexity index is 494. The van der Waals surface area contributed by atoms with E-state index in [1.807, 2.05) is 18.2 Å². The zero-order valence-corrected chi connectivity index (χ0v) is 9.75. The van der Waals surface area contributed by atoms with Gasteiger partial charge in [-0.1, -0.05) is 22.4 Å².